The minimum atomic E-state index is -0.562. The van der Waals surface area contributed by atoms with Crippen molar-refractivity contribution in [2.75, 3.05) is 31.1 Å². The highest BCUT2D eigenvalue weighted by Crippen LogP contribution is 2.25. The standard InChI is InChI=1S/C17H18ClN5O3/c18-15-9-13(16(19)24)10-20-17(15)22-6-4-21(5-7-22)11-12-2-1-3-14(8-12)23(25)26/h1-3,8-10H,4-7,11H2,(H2,19,24). The Labute approximate surface area is 155 Å². The SMILES string of the molecule is NC(=O)c1cnc(N2CCN(Cc3cccc([N+](=O)[O-])c3)CC2)c(Cl)c1. The average Bonchev–Trinajstić information content (AvgIpc) is 2.62. The minimum absolute atomic E-state index is 0.103. The van der Waals surface area contributed by atoms with Crippen molar-refractivity contribution in [2.24, 2.45) is 5.73 Å². The molecule has 1 aromatic carbocycles. The van der Waals surface area contributed by atoms with Crippen LogP contribution in [0.25, 0.3) is 0 Å². The topological polar surface area (TPSA) is 106 Å². The number of primary amides is 1. The van der Waals surface area contributed by atoms with E-state index in [0.717, 1.165) is 31.7 Å². The molecule has 0 unspecified atom stereocenters. The molecule has 1 aromatic heterocycles. The van der Waals surface area contributed by atoms with E-state index in [4.69, 9.17) is 17.3 Å². The van der Waals surface area contributed by atoms with Gasteiger partial charge in [0.1, 0.15) is 5.82 Å². The Bertz CT molecular complexity index is 837. The molecule has 136 valence electrons. The third kappa shape index (κ3) is 4.09. The molecule has 26 heavy (non-hydrogen) atoms. The fourth-order valence-electron chi connectivity index (χ4n) is 2.94. The number of nitro groups is 1. The molecule has 0 radical (unpaired) electrons. The lowest BCUT2D eigenvalue weighted by Gasteiger charge is -2.35. The Kier molecular flexibility index (Phi) is 5.34. The van der Waals surface area contributed by atoms with Gasteiger partial charge in [-0.1, -0.05) is 23.7 Å². The molecule has 2 heterocycles. The summed E-state index contributed by atoms with van der Waals surface area (Å²) in [6.45, 7) is 3.64. The number of halogens is 1. The number of nitrogens with zero attached hydrogens (tertiary/aromatic N) is 4. The van der Waals surface area contributed by atoms with Crippen molar-refractivity contribution in [1.29, 1.82) is 0 Å². The van der Waals surface area contributed by atoms with E-state index in [9.17, 15) is 14.9 Å². The average molecular weight is 376 g/mol. The Morgan fingerprint density at radius 2 is 2.00 bits per heavy atom. The summed E-state index contributed by atoms with van der Waals surface area (Å²) in [7, 11) is 0. The van der Waals surface area contributed by atoms with Gasteiger partial charge in [-0.25, -0.2) is 4.98 Å². The van der Waals surface area contributed by atoms with Gasteiger partial charge in [0.25, 0.3) is 5.69 Å². The lowest BCUT2D eigenvalue weighted by molar-refractivity contribution is -0.384. The van der Waals surface area contributed by atoms with Crippen LogP contribution in [-0.4, -0.2) is 46.9 Å². The summed E-state index contributed by atoms with van der Waals surface area (Å²) in [5.41, 5.74) is 6.53. The van der Waals surface area contributed by atoms with E-state index in [1.165, 1.54) is 18.3 Å². The smallest absolute Gasteiger partial charge is 0.269 e. The number of nitrogens with two attached hydrogens (primary N) is 1. The minimum Gasteiger partial charge on any atom is -0.366 e. The molecule has 1 fully saturated rings. The molecule has 1 amide bonds. The van der Waals surface area contributed by atoms with E-state index in [1.54, 1.807) is 12.1 Å². The second-order valence-electron chi connectivity index (χ2n) is 6.08. The van der Waals surface area contributed by atoms with E-state index < -0.39 is 5.91 Å². The molecule has 8 nitrogen and oxygen atoms in total. The Morgan fingerprint density at radius 3 is 2.62 bits per heavy atom. The third-order valence-corrected chi connectivity index (χ3v) is 4.58. The number of pyridine rings is 1. The molecule has 2 N–H and O–H groups in total. The Hall–Kier alpha value is -2.71. The molecule has 1 aliphatic rings. The van der Waals surface area contributed by atoms with E-state index in [1.807, 2.05) is 6.07 Å². The molecule has 9 heteroatoms. The quantitative estimate of drug-likeness (QED) is 0.633. The summed E-state index contributed by atoms with van der Waals surface area (Å²) in [5.74, 6) is 0.0689. The number of hydrogen-bond acceptors (Lipinski definition) is 6. The molecule has 3 rings (SSSR count). The van der Waals surface area contributed by atoms with Crippen molar-refractivity contribution < 1.29 is 9.72 Å². The molecule has 0 aliphatic carbocycles. The second-order valence-corrected chi connectivity index (χ2v) is 6.49. The predicted molar refractivity (Wildman–Crippen MR) is 98.4 cm³/mol. The van der Waals surface area contributed by atoms with Crippen LogP contribution in [0.2, 0.25) is 5.02 Å². The highest BCUT2D eigenvalue weighted by Gasteiger charge is 2.21. The van der Waals surface area contributed by atoms with E-state index >= 15 is 0 Å². The van der Waals surface area contributed by atoms with Crippen LogP contribution in [0.1, 0.15) is 15.9 Å². The van der Waals surface area contributed by atoms with Crippen LogP contribution in [-0.2, 0) is 6.54 Å². The number of hydrogen-bond donors (Lipinski definition) is 1. The number of non-ortho nitro benzene ring substituents is 1. The van der Waals surface area contributed by atoms with Gasteiger partial charge in [0.2, 0.25) is 5.91 Å². The van der Waals surface area contributed by atoms with Gasteiger partial charge < -0.3 is 10.6 Å². The van der Waals surface area contributed by atoms with Gasteiger partial charge in [0, 0.05) is 51.1 Å². The maximum absolute atomic E-state index is 11.2. The lowest BCUT2D eigenvalue weighted by Crippen LogP contribution is -2.46. The van der Waals surface area contributed by atoms with Crippen molar-refractivity contribution >= 4 is 29.0 Å². The van der Waals surface area contributed by atoms with Crippen LogP contribution in [0.3, 0.4) is 0 Å². The number of nitro benzene ring substituents is 1. The van der Waals surface area contributed by atoms with Gasteiger partial charge in [0.05, 0.1) is 15.5 Å². The van der Waals surface area contributed by atoms with Crippen LogP contribution in [0.5, 0.6) is 0 Å². The molecular weight excluding hydrogens is 358 g/mol. The van der Waals surface area contributed by atoms with Crippen molar-refractivity contribution in [3.63, 3.8) is 0 Å². The predicted octanol–water partition coefficient (Wildman–Crippen LogP) is 2.06. The fraction of sp³-hybridized carbons (Fsp3) is 0.294. The number of amides is 1. The number of benzene rings is 1. The van der Waals surface area contributed by atoms with E-state index in [2.05, 4.69) is 14.8 Å². The van der Waals surface area contributed by atoms with Crippen LogP contribution in [0, 0.1) is 10.1 Å². The monoisotopic (exact) mass is 375 g/mol. The first-order valence-electron chi connectivity index (χ1n) is 8.10. The van der Waals surface area contributed by atoms with Crippen LogP contribution < -0.4 is 10.6 Å². The highest BCUT2D eigenvalue weighted by molar-refractivity contribution is 6.33. The number of anilines is 1. The number of aromatic nitrogens is 1. The molecule has 1 saturated heterocycles. The summed E-state index contributed by atoms with van der Waals surface area (Å²) in [4.78, 5) is 30.2. The van der Waals surface area contributed by atoms with E-state index in [0.29, 0.717) is 17.4 Å². The maximum atomic E-state index is 11.2. The maximum Gasteiger partial charge on any atom is 0.269 e. The molecule has 2 aromatic rings. The van der Waals surface area contributed by atoms with Gasteiger partial charge >= 0.3 is 0 Å². The fourth-order valence-corrected chi connectivity index (χ4v) is 3.23. The second kappa shape index (κ2) is 7.67. The zero-order valence-corrected chi connectivity index (χ0v) is 14.7. The van der Waals surface area contributed by atoms with Crippen LogP contribution in [0.15, 0.2) is 36.5 Å². The summed E-state index contributed by atoms with van der Waals surface area (Å²) in [6, 6.07) is 8.22. The summed E-state index contributed by atoms with van der Waals surface area (Å²) in [5, 5.41) is 11.3. The van der Waals surface area contributed by atoms with Gasteiger partial charge in [-0.05, 0) is 11.6 Å². The van der Waals surface area contributed by atoms with Crippen molar-refractivity contribution in [1.82, 2.24) is 9.88 Å². The van der Waals surface area contributed by atoms with Gasteiger partial charge in [-0.3, -0.25) is 19.8 Å². The van der Waals surface area contributed by atoms with E-state index in [-0.39, 0.29) is 16.2 Å². The molecule has 0 spiro atoms. The van der Waals surface area contributed by atoms with Gasteiger partial charge in [-0.15, -0.1) is 0 Å². The van der Waals surface area contributed by atoms with Crippen molar-refractivity contribution in [2.45, 2.75) is 6.54 Å². The van der Waals surface area contributed by atoms with Crippen LogP contribution in [0.4, 0.5) is 11.5 Å². The number of carbonyl (C=O) groups excluding carboxylic acids is 1. The summed E-state index contributed by atoms with van der Waals surface area (Å²) in [6.07, 6.45) is 1.43. The largest absolute Gasteiger partial charge is 0.366 e. The van der Waals surface area contributed by atoms with Crippen molar-refractivity contribution in [3.8, 4) is 0 Å². The first-order chi connectivity index (χ1) is 12.4. The first kappa shape index (κ1) is 18.1. The molecule has 0 bridgehead atoms. The zero-order valence-electron chi connectivity index (χ0n) is 14.0. The molecule has 1 aliphatic heterocycles. The first-order valence-corrected chi connectivity index (χ1v) is 8.48. The lowest BCUT2D eigenvalue weighted by atomic mass is 10.1. The summed E-state index contributed by atoms with van der Waals surface area (Å²) >= 11 is 6.23. The Morgan fingerprint density at radius 1 is 1.27 bits per heavy atom. The molecule has 0 saturated carbocycles. The number of carbonyl (C=O) groups is 1. The Balaban J connectivity index is 1.62. The summed E-state index contributed by atoms with van der Waals surface area (Å²) < 4.78 is 0. The van der Waals surface area contributed by atoms with Crippen LogP contribution >= 0.6 is 11.6 Å². The van der Waals surface area contributed by atoms with Gasteiger partial charge in [0.15, 0.2) is 0 Å². The number of rotatable bonds is 5. The molecule has 0 atom stereocenters. The molecular formula is C17H18ClN5O3. The normalized spacial score (nSPS) is 15.0. The zero-order chi connectivity index (χ0) is 18.7. The van der Waals surface area contributed by atoms with Gasteiger partial charge in [-0.2, -0.15) is 0 Å². The third-order valence-electron chi connectivity index (χ3n) is 4.31. The number of piperazine rings is 1. The highest BCUT2D eigenvalue weighted by atomic mass is 35.5. The van der Waals surface area contributed by atoms with Crippen molar-refractivity contribution in [3.05, 3.63) is 62.8 Å².